The number of carbonyl (C=O) groups is 2. The highest BCUT2D eigenvalue weighted by Gasteiger charge is 2.33. The Hall–Kier alpha value is -3.71. The van der Waals surface area contributed by atoms with Gasteiger partial charge in [-0.1, -0.05) is 42.5 Å². The molecule has 1 N–H and O–H groups in total. The number of hydrogen-bond donors (Lipinski definition) is 1. The van der Waals surface area contributed by atoms with Crippen LogP contribution in [0.1, 0.15) is 27.6 Å². The zero-order chi connectivity index (χ0) is 21.8. The van der Waals surface area contributed by atoms with Gasteiger partial charge in [-0.3, -0.25) is 19.2 Å². The molecule has 0 saturated heterocycles. The minimum Gasteiger partial charge on any atom is -0.280 e. The van der Waals surface area contributed by atoms with E-state index in [1.807, 2.05) is 30.3 Å². The molecule has 7 heteroatoms. The van der Waals surface area contributed by atoms with Crippen molar-refractivity contribution in [2.24, 2.45) is 0 Å². The summed E-state index contributed by atoms with van der Waals surface area (Å²) in [7, 11) is -3.97. The molecule has 0 bridgehead atoms. The Labute approximate surface area is 179 Å². The van der Waals surface area contributed by atoms with Gasteiger partial charge in [0.25, 0.3) is 21.8 Å². The number of anilines is 1. The smallest absolute Gasteiger partial charge is 0.262 e. The van der Waals surface area contributed by atoms with Crippen LogP contribution in [-0.4, -0.2) is 31.7 Å². The van der Waals surface area contributed by atoms with Crippen molar-refractivity contribution in [3.8, 4) is 0 Å². The maximum atomic E-state index is 13.3. The van der Waals surface area contributed by atoms with Crippen molar-refractivity contribution >= 4 is 49.1 Å². The van der Waals surface area contributed by atoms with E-state index >= 15 is 0 Å². The van der Waals surface area contributed by atoms with Gasteiger partial charge in [-0.2, -0.15) is 0 Å². The topological polar surface area (TPSA) is 83.6 Å². The van der Waals surface area contributed by atoms with Crippen molar-refractivity contribution in [2.75, 3.05) is 11.3 Å². The number of amides is 2. The van der Waals surface area contributed by atoms with E-state index in [0.29, 0.717) is 27.6 Å². The molecule has 0 aliphatic carbocycles. The number of hydrogen-bond acceptors (Lipinski definition) is 4. The minimum atomic E-state index is -3.97. The lowest BCUT2D eigenvalue weighted by molar-refractivity contribution is 0.0619. The maximum Gasteiger partial charge on any atom is 0.262 e. The molecule has 0 unspecified atom stereocenters. The van der Waals surface area contributed by atoms with Gasteiger partial charge in [-0.05, 0) is 48.0 Å². The molecule has 1 heterocycles. The number of benzene rings is 4. The van der Waals surface area contributed by atoms with Crippen LogP contribution in [0, 0.1) is 0 Å². The summed E-state index contributed by atoms with van der Waals surface area (Å²) in [5.74, 6) is -0.828. The lowest BCUT2D eigenvalue weighted by Crippen LogP contribution is -2.40. The Morgan fingerprint density at radius 2 is 1.52 bits per heavy atom. The molecule has 31 heavy (non-hydrogen) atoms. The van der Waals surface area contributed by atoms with Gasteiger partial charge in [0.1, 0.15) is 0 Å². The van der Waals surface area contributed by atoms with Crippen LogP contribution >= 0.6 is 0 Å². The summed E-state index contributed by atoms with van der Waals surface area (Å²) < 4.78 is 29.2. The summed E-state index contributed by atoms with van der Waals surface area (Å²) in [6.45, 7) is 1.98. The summed E-state index contributed by atoms with van der Waals surface area (Å²) in [6, 6.07) is 20.8. The molecule has 5 rings (SSSR count). The Kier molecular flexibility index (Phi) is 4.30. The Balaban J connectivity index is 1.65. The third-order valence-electron chi connectivity index (χ3n) is 5.56. The number of imide groups is 1. The Morgan fingerprint density at radius 1 is 0.806 bits per heavy atom. The third kappa shape index (κ3) is 2.97. The van der Waals surface area contributed by atoms with Crippen LogP contribution in [0.5, 0.6) is 0 Å². The number of fused-ring (bicyclic) bond motifs is 1. The zero-order valence-electron chi connectivity index (χ0n) is 16.6. The maximum absolute atomic E-state index is 13.3. The van der Waals surface area contributed by atoms with Crippen molar-refractivity contribution in [2.45, 2.75) is 11.8 Å². The molecule has 0 aromatic heterocycles. The molecule has 154 valence electrons. The molecule has 1 aliphatic heterocycles. The summed E-state index contributed by atoms with van der Waals surface area (Å²) in [6.07, 6.45) is 0. The van der Waals surface area contributed by atoms with Gasteiger partial charge >= 0.3 is 0 Å². The fraction of sp³-hybridized carbons (Fsp3) is 0.0833. The fourth-order valence-electron chi connectivity index (χ4n) is 4.10. The van der Waals surface area contributed by atoms with Gasteiger partial charge in [-0.15, -0.1) is 0 Å². The van der Waals surface area contributed by atoms with Gasteiger partial charge in [0, 0.05) is 34.1 Å². The number of nitrogens with one attached hydrogen (secondary N) is 1. The number of rotatable bonds is 4. The first kappa shape index (κ1) is 19.3. The molecule has 2 amide bonds. The Morgan fingerprint density at radius 3 is 2.26 bits per heavy atom. The average Bonchev–Trinajstić information content (AvgIpc) is 2.77. The number of nitrogens with zero attached hydrogens (tertiary/aromatic N) is 1. The average molecular weight is 430 g/mol. The zero-order valence-corrected chi connectivity index (χ0v) is 17.4. The van der Waals surface area contributed by atoms with Crippen molar-refractivity contribution < 1.29 is 18.0 Å². The van der Waals surface area contributed by atoms with Gasteiger partial charge in [0.2, 0.25) is 0 Å². The van der Waals surface area contributed by atoms with Crippen LogP contribution < -0.4 is 4.72 Å². The number of carbonyl (C=O) groups excluding carboxylic acids is 2. The lowest BCUT2D eigenvalue weighted by atomic mass is 9.94. The highest BCUT2D eigenvalue weighted by atomic mass is 32.2. The molecule has 0 radical (unpaired) electrons. The van der Waals surface area contributed by atoms with Gasteiger partial charge in [0.15, 0.2) is 0 Å². The first-order valence-electron chi connectivity index (χ1n) is 9.84. The van der Waals surface area contributed by atoms with E-state index in [4.69, 9.17) is 0 Å². The monoisotopic (exact) mass is 430 g/mol. The highest BCUT2D eigenvalue weighted by molar-refractivity contribution is 7.93. The molecule has 0 atom stereocenters. The molecule has 1 aliphatic rings. The fourth-order valence-corrected chi connectivity index (χ4v) is 5.36. The first-order chi connectivity index (χ1) is 14.9. The van der Waals surface area contributed by atoms with E-state index in [-0.39, 0.29) is 11.4 Å². The van der Waals surface area contributed by atoms with E-state index in [2.05, 4.69) is 4.72 Å². The predicted molar refractivity (Wildman–Crippen MR) is 120 cm³/mol. The van der Waals surface area contributed by atoms with E-state index in [1.165, 1.54) is 17.0 Å². The predicted octanol–water partition coefficient (Wildman–Crippen LogP) is 4.41. The standard InChI is InChI=1S/C24H18N2O4S/c1-2-26-23(27)19-9-5-8-18-21(13-12-20(22(18)19)24(26)28)31(29,30)25-17-11-10-15-6-3-4-7-16(15)14-17/h3-14,25H,2H2,1H3. The van der Waals surface area contributed by atoms with E-state index in [9.17, 15) is 18.0 Å². The minimum absolute atomic E-state index is 0.0202. The van der Waals surface area contributed by atoms with Gasteiger partial charge in [0.05, 0.1) is 4.90 Å². The first-order valence-corrected chi connectivity index (χ1v) is 11.3. The van der Waals surface area contributed by atoms with Crippen molar-refractivity contribution in [1.29, 1.82) is 0 Å². The second kappa shape index (κ2) is 6.92. The molecule has 4 aromatic rings. The van der Waals surface area contributed by atoms with Crippen molar-refractivity contribution in [3.63, 3.8) is 0 Å². The van der Waals surface area contributed by atoms with Gasteiger partial charge in [-0.25, -0.2) is 8.42 Å². The van der Waals surface area contributed by atoms with Crippen LogP contribution in [-0.2, 0) is 10.0 Å². The Bertz CT molecular complexity index is 1490. The normalized spacial score (nSPS) is 13.8. The van der Waals surface area contributed by atoms with Crippen molar-refractivity contribution in [1.82, 2.24) is 4.90 Å². The van der Waals surface area contributed by atoms with E-state index < -0.39 is 21.8 Å². The quantitative estimate of drug-likeness (QED) is 0.486. The molecule has 4 aromatic carbocycles. The molecule has 0 fully saturated rings. The second-order valence-electron chi connectivity index (χ2n) is 7.36. The molecule has 6 nitrogen and oxygen atoms in total. The summed E-state index contributed by atoms with van der Waals surface area (Å²) >= 11 is 0. The summed E-state index contributed by atoms with van der Waals surface area (Å²) in [4.78, 5) is 26.7. The lowest BCUT2D eigenvalue weighted by Gasteiger charge is -2.26. The van der Waals surface area contributed by atoms with Crippen LogP contribution in [0.25, 0.3) is 21.5 Å². The van der Waals surface area contributed by atoms with Crippen LogP contribution in [0.2, 0.25) is 0 Å². The largest absolute Gasteiger partial charge is 0.280 e. The second-order valence-corrected chi connectivity index (χ2v) is 9.01. The van der Waals surface area contributed by atoms with E-state index in [0.717, 1.165) is 10.8 Å². The molecular formula is C24H18N2O4S. The third-order valence-corrected chi connectivity index (χ3v) is 7.00. The van der Waals surface area contributed by atoms with Crippen LogP contribution in [0.3, 0.4) is 0 Å². The van der Waals surface area contributed by atoms with Crippen LogP contribution in [0.4, 0.5) is 5.69 Å². The molecule has 0 spiro atoms. The van der Waals surface area contributed by atoms with Crippen molar-refractivity contribution in [3.05, 3.63) is 83.9 Å². The summed E-state index contributed by atoms with van der Waals surface area (Å²) in [5, 5.41) is 2.64. The van der Waals surface area contributed by atoms with E-state index in [1.54, 1.807) is 37.3 Å². The summed E-state index contributed by atoms with van der Waals surface area (Å²) in [5.41, 5.74) is 1.09. The van der Waals surface area contributed by atoms with Crippen LogP contribution in [0.15, 0.2) is 77.7 Å². The SMILES string of the molecule is CCN1C(=O)c2cccc3c(S(=O)(=O)Nc4ccc5ccccc5c4)ccc(c23)C1=O. The number of sulfonamides is 1. The molecule has 0 saturated carbocycles. The molecular weight excluding hydrogens is 412 g/mol. The van der Waals surface area contributed by atoms with Gasteiger partial charge < -0.3 is 0 Å². The highest BCUT2D eigenvalue weighted by Crippen LogP contribution is 2.34.